The highest BCUT2D eigenvalue weighted by molar-refractivity contribution is 5.92. The lowest BCUT2D eigenvalue weighted by molar-refractivity contribution is 0.0950. The molecule has 21 heavy (non-hydrogen) atoms. The number of hydrogen-bond donors (Lipinski definition) is 2. The first-order valence-electron chi connectivity index (χ1n) is 7.69. The molecule has 6 nitrogen and oxygen atoms in total. The Hall–Kier alpha value is -1.69. The van der Waals surface area contributed by atoms with Gasteiger partial charge in [-0.25, -0.2) is 0 Å². The van der Waals surface area contributed by atoms with E-state index in [1.165, 1.54) is 0 Å². The largest absolute Gasteiger partial charge is 0.355 e. The smallest absolute Gasteiger partial charge is 0.271 e. The fourth-order valence-corrected chi connectivity index (χ4v) is 2.73. The molecule has 1 aromatic heterocycles. The molecule has 116 valence electrons. The second kappa shape index (κ2) is 7.36. The Balaban J connectivity index is 1.93. The van der Waals surface area contributed by atoms with Crippen LogP contribution in [0.15, 0.2) is 12.1 Å². The average Bonchev–Trinajstić information content (AvgIpc) is 2.54. The molecule has 1 aromatic rings. The SMILES string of the molecule is CCNC(=O)c1ccc(N2CCC(C(C)NC)CC2)nn1. The molecule has 2 N–H and O–H groups in total. The Bertz CT molecular complexity index is 454. The Kier molecular flexibility index (Phi) is 5.50. The van der Waals surface area contributed by atoms with Crippen molar-refractivity contribution < 1.29 is 4.79 Å². The van der Waals surface area contributed by atoms with Gasteiger partial charge in [0.2, 0.25) is 0 Å². The molecule has 0 saturated carbocycles. The van der Waals surface area contributed by atoms with Gasteiger partial charge in [-0.3, -0.25) is 4.79 Å². The quantitative estimate of drug-likeness (QED) is 0.848. The number of hydrogen-bond acceptors (Lipinski definition) is 5. The van der Waals surface area contributed by atoms with E-state index >= 15 is 0 Å². The van der Waals surface area contributed by atoms with Crippen molar-refractivity contribution in [3.05, 3.63) is 17.8 Å². The van der Waals surface area contributed by atoms with E-state index in [4.69, 9.17) is 0 Å². The molecule has 1 saturated heterocycles. The van der Waals surface area contributed by atoms with E-state index in [-0.39, 0.29) is 5.91 Å². The van der Waals surface area contributed by atoms with Crippen molar-refractivity contribution in [1.82, 2.24) is 20.8 Å². The van der Waals surface area contributed by atoms with Gasteiger partial charge in [0.15, 0.2) is 11.5 Å². The van der Waals surface area contributed by atoms with Crippen molar-refractivity contribution in [2.45, 2.75) is 32.7 Å². The first-order valence-corrected chi connectivity index (χ1v) is 7.69. The number of amides is 1. The third-order valence-electron chi connectivity index (χ3n) is 4.25. The topological polar surface area (TPSA) is 70.2 Å². The molecule has 1 atom stereocenters. The summed E-state index contributed by atoms with van der Waals surface area (Å²) >= 11 is 0. The Labute approximate surface area is 126 Å². The van der Waals surface area contributed by atoms with Crippen molar-refractivity contribution >= 4 is 11.7 Å². The van der Waals surface area contributed by atoms with Crippen LogP contribution in [-0.4, -0.2) is 48.8 Å². The molecule has 6 heteroatoms. The third kappa shape index (κ3) is 3.91. The van der Waals surface area contributed by atoms with Gasteiger partial charge < -0.3 is 15.5 Å². The van der Waals surface area contributed by atoms with Crippen LogP contribution >= 0.6 is 0 Å². The minimum Gasteiger partial charge on any atom is -0.355 e. The van der Waals surface area contributed by atoms with E-state index in [1.54, 1.807) is 6.07 Å². The number of carbonyl (C=O) groups excluding carboxylic acids is 1. The maximum absolute atomic E-state index is 11.6. The van der Waals surface area contributed by atoms with Crippen LogP contribution in [0, 0.1) is 5.92 Å². The molecule has 1 amide bonds. The van der Waals surface area contributed by atoms with E-state index in [1.807, 2.05) is 20.0 Å². The van der Waals surface area contributed by atoms with Crippen molar-refractivity contribution in [2.24, 2.45) is 5.92 Å². The van der Waals surface area contributed by atoms with Crippen molar-refractivity contribution in [2.75, 3.05) is 31.6 Å². The highest BCUT2D eigenvalue weighted by Gasteiger charge is 2.23. The van der Waals surface area contributed by atoms with Gasteiger partial charge in [0.05, 0.1) is 0 Å². The van der Waals surface area contributed by atoms with Gasteiger partial charge in [0.25, 0.3) is 5.91 Å². The molecule has 0 spiro atoms. The summed E-state index contributed by atoms with van der Waals surface area (Å²) < 4.78 is 0. The highest BCUT2D eigenvalue weighted by atomic mass is 16.1. The molecule has 2 rings (SSSR count). The number of nitrogens with zero attached hydrogens (tertiary/aromatic N) is 3. The number of carbonyl (C=O) groups is 1. The van der Waals surface area contributed by atoms with E-state index in [0.29, 0.717) is 24.2 Å². The van der Waals surface area contributed by atoms with E-state index in [2.05, 4.69) is 32.7 Å². The summed E-state index contributed by atoms with van der Waals surface area (Å²) in [5.41, 5.74) is 0.374. The zero-order valence-corrected chi connectivity index (χ0v) is 13.1. The first kappa shape index (κ1) is 15.7. The van der Waals surface area contributed by atoms with Crippen LogP contribution in [0.4, 0.5) is 5.82 Å². The van der Waals surface area contributed by atoms with Crippen LogP contribution in [0.1, 0.15) is 37.2 Å². The lowest BCUT2D eigenvalue weighted by Gasteiger charge is -2.35. The average molecular weight is 291 g/mol. The zero-order chi connectivity index (χ0) is 15.2. The molecule has 1 fully saturated rings. The molecule has 0 aromatic carbocycles. The number of nitrogens with one attached hydrogen (secondary N) is 2. The lowest BCUT2D eigenvalue weighted by atomic mass is 9.90. The van der Waals surface area contributed by atoms with Gasteiger partial charge in [-0.05, 0) is 51.8 Å². The monoisotopic (exact) mass is 291 g/mol. The fourth-order valence-electron chi connectivity index (χ4n) is 2.73. The van der Waals surface area contributed by atoms with Gasteiger partial charge in [-0.15, -0.1) is 10.2 Å². The molecule has 2 heterocycles. The van der Waals surface area contributed by atoms with E-state index < -0.39 is 0 Å². The molecule has 1 aliphatic rings. The summed E-state index contributed by atoms with van der Waals surface area (Å²) in [6, 6.07) is 4.19. The fraction of sp³-hybridized carbons (Fsp3) is 0.667. The van der Waals surface area contributed by atoms with Crippen molar-refractivity contribution in [3.8, 4) is 0 Å². The third-order valence-corrected chi connectivity index (χ3v) is 4.25. The van der Waals surface area contributed by atoms with Gasteiger partial charge in [-0.1, -0.05) is 0 Å². The first-order chi connectivity index (χ1) is 10.2. The molecule has 1 aliphatic heterocycles. The number of anilines is 1. The predicted octanol–water partition coefficient (Wildman–Crippen LogP) is 1.05. The van der Waals surface area contributed by atoms with Crippen LogP contribution < -0.4 is 15.5 Å². The van der Waals surface area contributed by atoms with Gasteiger partial charge >= 0.3 is 0 Å². The summed E-state index contributed by atoms with van der Waals surface area (Å²) in [6.07, 6.45) is 2.31. The second-order valence-corrected chi connectivity index (χ2v) is 5.54. The predicted molar refractivity (Wildman–Crippen MR) is 83.5 cm³/mol. The normalized spacial score (nSPS) is 17.6. The molecule has 0 bridgehead atoms. The zero-order valence-electron chi connectivity index (χ0n) is 13.1. The Morgan fingerprint density at radius 1 is 1.38 bits per heavy atom. The second-order valence-electron chi connectivity index (χ2n) is 5.54. The molecule has 0 radical (unpaired) electrons. The maximum Gasteiger partial charge on any atom is 0.271 e. The number of aromatic nitrogens is 2. The van der Waals surface area contributed by atoms with Crippen LogP contribution in [-0.2, 0) is 0 Å². The standard InChI is InChI=1S/C15H25N5O/c1-4-17-15(21)13-5-6-14(19-18-13)20-9-7-12(8-10-20)11(2)16-3/h5-6,11-12,16H,4,7-10H2,1-3H3,(H,17,21). The minimum atomic E-state index is -0.168. The molecule has 0 aliphatic carbocycles. The molecule has 1 unspecified atom stereocenters. The van der Waals surface area contributed by atoms with Gasteiger partial charge in [-0.2, -0.15) is 0 Å². The van der Waals surface area contributed by atoms with Crippen molar-refractivity contribution in [1.29, 1.82) is 0 Å². The maximum atomic E-state index is 11.6. The Morgan fingerprint density at radius 3 is 2.62 bits per heavy atom. The van der Waals surface area contributed by atoms with Crippen LogP contribution in [0.25, 0.3) is 0 Å². The lowest BCUT2D eigenvalue weighted by Crippen LogP contribution is -2.41. The molecular formula is C15H25N5O. The van der Waals surface area contributed by atoms with Gasteiger partial charge in [0.1, 0.15) is 0 Å². The summed E-state index contributed by atoms with van der Waals surface area (Å²) in [7, 11) is 2.02. The molecular weight excluding hydrogens is 266 g/mol. The summed E-state index contributed by atoms with van der Waals surface area (Å²) in [4.78, 5) is 13.9. The van der Waals surface area contributed by atoms with Crippen LogP contribution in [0.2, 0.25) is 0 Å². The van der Waals surface area contributed by atoms with Gasteiger partial charge in [0, 0.05) is 25.7 Å². The highest BCUT2D eigenvalue weighted by Crippen LogP contribution is 2.23. The van der Waals surface area contributed by atoms with Crippen LogP contribution in [0.3, 0.4) is 0 Å². The summed E-state index contributed by atoms with van der Waals surface area (Å²) in [5.74, 6) is 1.41. The van der Waals surface area contributed by atoms with E-state index in [0.717, 1.165) is 31.7 Å². The number of rotatable bonds is 5. The summed E-state index contributed by atoms with van der Waals surface area (Å²) in [6.45, 7) is 6.70. The summed E-state index contributed by atoms with van der Waals surface area (Å²) in [5, 5.41) is 14.3. The minimum absolute atomic E-state index is 0.168. The van der Waals surface area contributed by atoms with Crippen LogP contribution in [0.5, 0.6) is 0 Å². The Morgan fingerprint density at radius 2 is 2.10 bits per heavy atom. The van der Waals surface area contributed by atoms with E-state index in [9.17, 15) is 4.79 Å². The van der Waals surface area contributed by atoms with Crippen molar-refractivity contribution in [3.63, 3.8) is 0 Å². The number of piperidine rings is 1.